The van der Waals surface area contributed by atoms with E-state index in [0.717, 1.165) is 12.2 Å². The summed E-state index contributed by atoms with van der Waals surface area (Å²) in [6.45, 7) is 2.09. The molecule has 0 N–H and O–H groups in total. The van der Waals surface area contributed by atoms with Gasteiger partial charge in [-0.25, -0.2) is 0 Å². The largest absolute Gasteiger partial charge is 0.197 e. The maximum Gasteiger partial charge on any atom is 0.124 e. The minimum Gasteiger partial charge on any atom is -0.197 e. The molecule has 0 bridgehead atoms. The molecule has 0 radical (unpaired) electrons. The summed E-state index contributed by atoms with van der Waals surface area (Å²) in [6, 6.07) is 2.29. The molecular formula is C6H8BrNS. The van der Waals surface area contributed by atoms with Crippen LogP contribution in [0.15, 0.2) is 0 Å². The van der Waals surface area contributed by atoms with Gasteiger partial charge in [0, 0.05) is 5.25 Å². The third kappa shape index (κ3) is 1.25. The Hall–Kier alpha value is 0.320. The molecule has 50 valence electrons. The Morgan fingerprint density at radius 2 is 2.56 bits per heavy atom. The minimum atomic E-state index is -0.225. The quantitative estimate of drug-likeness (QED) is 0.567. The summed E-state index contributed by atoms with van der Waals surface area (Å²) in [5, 5.41) is 9.13. The van der Waals surface area contributed by atoms with Gasteiger partial charge in [0.1, 0.15) is 4.32 Å². The van der Waals surface area contributed by atoms with E-state index in [1.165, 1.54) is 0 Å². The molecule has 0 aromatic carbocycles. The van der Waals surface area contributed by atoms with Gasteiger partial charge in [-0.1, -0.05) is 22.9 Å². The molecule has 2 unspecified atom stereocenters. The molecule has 1 fully saturated rings. The van der Waals surface area contributed by atoms with Crippen LogP contribution in [0.4, 0.5) is 0 Å². The number of nitriles is 1. The number of hydrogen-bond donors (Lipinski definition) is 0. The molecule has 1 rings (SSSR count). The van der Waals surface area contributed by atoms with Crippen LogP contribution in [0.5, 0.6) is 0 Å². The van der Waals surface area contributed by atoms with Crippen LogP contribution in [0, 0.1) is 11.3 Å². The van der Waals surface area contributed by atoms with Crippen LogP contribution in [0.3, 0.4) is 0 Å². The summed E-state index contributed by atoms with van der Waals surface area (Å²) in [5.41, 5.74) is 0. The van der Waals surface area contributed by atoms with Gasteiger partial charge in [0.05, 0.1) is 6.07 Å². The van der Waals surface area contributed by atoms with Gasteiger partial charge >= 0.3 is 0 Å². The Kier molecular flexibility index (Phi) is 2.07. The molecule has 0 spiro atoms. The van der Waals surface area contributed by atoms with Crippen LogP contribution >= 0.6 is 27.7 Å². The average molecular weight is 206 g/mol. The smallest absolute Gasteiger partial charge is 0.124 e. The van der Waals surface area contributed by atoms with Gasteiger partial charge in [-0.15, -0.1) is 0 Å². The number of hydrogen-bond acceptors (Lipinski definition) is 2. The van der Waals surface area contributed by atoms with E-state index in [1.54, 1.807) is 0 Å². The van der Waals surface area contributed by atoms with Crippen molar-refractivity contribution in [3.05, 3.63) is 0 Å². The SMILES string of the molecule is CC1SCCC1(Br)C#N. The zero-order chi connectivity index (χ0) is 6.91. The van der Waals surface area contributed by atoms with Gasteiger partial charge < -0.3 is 0 Å². The number of alkyl halides is 1. The molecule has 1 nitrogen and oxygen atoms in total. The highest BCUT2D eigenvalue weighted by atomic mass is 79.9. The van der Waals surface area contributed by atoms with E-state index in [-0.39, 0.29) is 4.32 Å². The second-order valence-electron chi connectivity index (χ2n) is 2.24. The molecule has 0 aromatic heterocycles. The van der Waals surface area contributed by atoms with Gasteiger partial charge in [-0.2, -0.15) is 17.0 Å². The Morgan fingerprint density at radius 1 is 1.89 bits per heavy atom. The van der Waals surface area contributed by atoms with Gasteiger partial charge in [-0.3, -0.25) is 0 Å². The van der Waals surface area contributed by atoms with Crippen LogP contribution in [-0.2, 0) is 0 Å². The molecule has 1 aliphatic rings. The molecule has 1 heterocycles. The zero-order valence-corrected chi connectivity index (χ0v) is 7.63. The Morgan fingerprint density at radius 3 is 2.78 bits per heavy atom. The normalized spacial score (nSPS) is 42.6. The number of thioether (sulfide) groups is 1. The number of rotatable bonds is 0. The Labute approximate surface area is 67.9 Å². The minimum absolute atomic E-state index is 0.225. The van der Waals surface area contributed by atoms with Crippen molar-refractivity contribution in [3.63, 3.8) is 0 Å². The highest BCUT2D eigenvalue weighted by molar-refractivity contribution is 9.10. The van der Waals surface area contributed by atoms with Crippen LogP contribution in [0.25, 0.3) is 0 Å². The van der Waals surface area contributed by atoms with Gasteiger partial charge in [0.2, 0.25) is 0 Å². The predicted molar refractivity (Wildman–Crippen MR) is 43.8 cm³/mol. The van der Waals surface area contributed by atoms with Gasteiger partial charge in [-0.05, 0) is 12.2 Å². The van der Waals surface area contributed by atoms with Gasteiger partial charge in [0.25, 0.3) is 0 Å². The molecule has 0 aliphatic carbocycles. The summed E-state index contributed by atoms with van der Waals surface area (Å²) in [7, 11) is 0. The van der Waals surface area contributed by atoms with Crippen LogP contribution in [0.2, 0.25) is 0 Å². The van der Waals surface area contributed by atoms with E-state index in [0.29, 0.717) is 5.25 Å². The number of halogens is 1. The van der Waals surface area contributed by atoms with Crippen molar-refractivity contribution in [2.75, 3.05) is 5.75 Å². The standard InChI is InChI=1S/C6H8BrNS/c1-5-6(7,4-8)2-3-9-5/h5H,2-3H2,1H3. The van der Waals surface area contributed by atoms with Crippen LogP contribution in [0.1, 0.15) is 13.3 Å². The molecule has 1 aliphatic heterocycles. The lowest BCUT2D eigenvalue weighted by Crippen LogP contribution is -2.24. The first-order chi connectivity index (χ1) is 4.19. The first-order valence-corrected chi connectivity index (χ1v) is 4.75. The van der Waals surface area contributed by atoms with E-state index in [4.69, 9.17) is 5.26 Å². The average Bonchev–Trinajstić information content (AvgIpc) is 2.15. The van der Waals surface area contributed by atoms with Crippen molar-refractivity contribution >= 4 is 27.7 Å². The van der Waals surface area contributed by atoms with E-state index in [2.05, 4.69) is 28.9 Å². The molecule has 0 aromatic rings. The lowest BCUT2D eigenvalue weighted by molar-refractivity contribution is 0.742. The van der Waals surface area contributed by atoms with E-state index in [1.807, 2.05) is 11.8 Å². The van der Waals surface area contributed by atoms with Crippen molar-refractivity contribution in [1.82, 2.24) is 0 Å². The van der Waals surface area contributed by atoms with Crippen molar-refractivity contribution in [2.45, 2.75) is 22.9 Å². The highest BCUT2D eigenvalue weighted by Crippen LogP contribution is 2.41. The summed E-state index contributed by atoms with van der Waals surface area (Å²) in [6.07, 6.45) is 0.981. The fourth-order valence-corrected chi connectivity index (χ4v) is 2.95. The highest BCUT2D eigenvalue weighted by Gasteiger charge is 2.38. The molecule has 3 heteroatoms. The van der Waals surface area contributed by atoms with Crippen molar-refractivity contribution in [3.8, 4) is 6.07 Å². The van der Waals surface area contributed by atoms with E-state index < -0.39 is 0 Å². The Balaban J connectivity index is 2.70. The fourth-order valence-electron chi connectivity index (χ4n) is 0.866. The zero-order valence-electron chi connectivity index (χ0n) is 5.22. The maximum absolute atomic E-state index is 8.69. The first kappa shape index (κ1) is 7.43. The van der Waals surface area contributed by atoms with E-state index >= 15 is 0 Å². The summed E-state index contributed by atoms with van der Waals surface area (Å²) in [4.78, 5) is 0. The van der Waals surface area contributed by atoms with Crippen LogP contribution < -0.4 is 0 Å². The lowest BCUT2D eigenvalue weighted by atomic mass is 10.1. The monoisotopic (exact) mass is 205 g/mol. The molecule has 2 atom stereocenters. The predicted octanol–water partition coefficient (Wildman–Crippen LogP) is 2.17. The summed E-state index contributed by atoms with van der Waals surface area (Å²) >= 11 is 5.29. The van der Waals surface area contributed by atoms with Crippen molar-refractivity contribution in [2.24, 2.45) is 0 Å². The second kappa shape index (κ2) is 2.51. The third-order valence-electron chi connectivity index (χ3n) is 1.66. The summed E-state index contributed by atoms with van der Waals surface area (Å²) in [5.74, 6) is 1.11. The fraction of sp³-hybridized carbons (Fsp3) is 0.833. The maximum atomic E-state index is 8.69. The summed E-state index contributed by atoms with van der Waals surface area (Å²) < 4.78 is -0.225. The molecule has 9 heavy (non-hydrogen) atoms. The molecule has 0 saturated carbocycles. The second-order valence-corrected chi connectivity index (χ2v) is 5.10. The topological polar surface area (TPSA) is 23.8 Å². The van der Waals surface area contributed by atoms with Crippen LogP contribution in [-0.4, -0.2) is 15.3 Å². The third-order valence-corrected chi connectivity index (χ3v) is 4.57. The Bertz CT molecular complexity index is 154. The molecule has 0 amide bonds. The molecule has 1 saturated heterocycles. The van der Waals surface area contributed by atoms with E-state index in [9.17, 15) is 0 Å². The van der Waals surface area contributed by atoms with Crippen molar-refractivity contribution < 1.29 is 0 Å². The lowest BCUT2D eigenvalue weighted by Gasteiger charge is -2.15. The van der Waals surface area contributed by atoms with Crippen molar-refractivity contribution in [1.29, 1.82) is 5.26 Å². The molecular weight excluding hydrogens is 198 g/mol. The number of nitrogens with zero attached hydrogens (tertiary/aromatic N) is 1. The van der Waals surface area contributed by atoms with Gasteiger partial charge in [0.15, 0.2) is 0 Å². The first-order valence-electron chi connectivity index (χ1n) is 2.91.